The number of para-hydroxylation sites is 1. The van der Waals surface area contributed by atoms with Gasteiger partial charge in [0, 0.05) is 17.3 Å². The Balaban J connectivity index is 2.35. The molecule has 0 amide bonds. The molecular formula is C24H30N2O7. The van der Waals surface area contributed by atoms with Crippen LogP contribution in [0.5, 0.6) is 11.5 Å². The molecule has 9 nitrogen and oxygen atoms in total. The van der Waals surface area contributed by atoms with Crippen LogP contribution in [0.4, 0.5) is 5.69 Å². The van der Waals surface area contributed by atoms with Crippen LogP contribution in [0.15, 0.2) is 42.5 Å². The summed E-state index contributed by atoms with van der Waals surface area (Å²) in [7, 11) is 2.71. The number of hydrogen-bond acceptors (Lipinski definition) is 8. The van der Waals surface area contributed by atoms with Crippen molar-refractivity contribution in [1.29, 1.82) is 0 Å². The third kappa shape index (κ3) is 6.69. The summed E-state index contributed by atoms with van der Waals surface area (Å²) in [5, 5.41) is 25.6. The fraction of sp³-hybridized carbons (Fsp3) is 0.375. The number of phenols is 1. The molecule has 33 heavy (non-hydrogen) atoms. The second kappa shape index (κ2) is 11.9. The van der Waals surface area contributed by atoms with E-state index >= 15 is 0 Å². The number of carboxylic acids is 1. The van der Waals surface area contributed by atoms with Crippen molar-refractivity contribution in [3.8, 4) is 11.5 Å². The first-order chi connectivity index (χ1) is 15.7. The van der Waals surface area contributed by atoms with E-state index in [1.54, 1.807) is 43.3 Å². The molecule has 2 rings (SSSR count). The van der Waals surface area contributed by atoms with E-state index in [9.17, 15) is 24.6 Å². The minimum atomic E-state index is -1.14. The standard InChI is InChI=1S/C24H30N2O7/c1-5-17(15-10-11-21(32-3)20(27)12-15)26-19(13-22(28)29)23(30)16-8-6-7-9-18(16)25-14(2)24(31)33-4/h6-12,14,17,19,25-27H,5,13H2,1-4H3,(H,28,29). The Hall–Kier alpha value is -3.59. The highest BCUT2D eigenvalue weighted by Gasteiger charge is 2.28. The van der Waals surface area contributed by atoms with Gasteiger partial charge in [-0.1, -0.05) is 25.1 Å². The van der Waals surface area contributed by atoms with Crippen molar-refractivity contribution >= 4 is 23.4 Å². The maximum atomic E-state index is 13.4. The number of benzene rings is 2. The molecular weight excluding hydrogens is 428 g/mol. The van der Waals surface area contributed by atoms with Crippen molar-refractivity contribution in [2.45, 2.75) is 44.8 Å². The average Bonchev–Trinajstić information content (AvgIpc) is 2.80. The van der Waals surface area contributed by atoms with E-state index in [1.165, 1.54) is 20.3 Å². The van der Waals surface area contributed by atoms with E-state index in [-0.39, 0.29) is 11.3 Å². The third-order valence-electron chi connectivity index (χ3n) is 5.23. The number of aliphatic carboxylic acids is 1. The lowest BCUT2D eigenvalue weighted by Gasteiger charge is -2.25. The predicted octanol–water partition coefficient (Wildman–Crippen LogP) is 3.14. The Morgan fingerprint density at radius 2 is 1.79 bits per heavy atom. The molecule has 3 unspecified atom stereocenters. The van der Waals surface area contributed by atoms with Crippen LogP contribution in [0.3, 0.4) is 0 Å². The van der Waals surface area contributed by atoms with Gasteiger partial charge in [-0.05, 0) is 43.2 Å². The number of hydrogen-bond donors (Lipinski definition) is 4. The van der Waals surface area contributed by atoms with Gasteiger partial charge >= 0.3 is 11.9 Å². The van der Waals surface area contributed by atoms with Gasteiger partial charge in [0.15, 0.2) is 17.3 Å². The fourth-order valence-corrected chi connectivity index (χ4v) is 3.50. The second-order valence-electron chi connectivity index (χ2n) is 7.51. The Bertz CT molecular complexity index is 993. The molecule has 0 spiro atoms. The van der Waals surface area contributed by atoms with Crippen molar-refractivity contribution in [3.63, 3.8) is 0 Å². The topological polar surface area (TPSA) is 134 Å². The first kappa shape index (κ1) is 25.7. The number of carboxylic acid groups (broad SMARTS) is 1. The highest BCUT2D eigenvalue weighted by atomic mass is 16.5. The summed E-state index contributed by atoms with van der Waals surface area (Å²) in [6.07, 6.45) is 0.0901. The minimum Gasteiger partial charge on any atom is -0.504 e. The van der Waals surface area contributed by atoms with Crippen LogP contribution in [-0.4, -0.2) is 54.2 Å². The molecule has 0 fully saturated rings. The molecule has 0 radical (unpaired) electrons. The van der Waals surface area contributed by atoms with Gasteiger partial charge < -0.3 is 25.0 Å². The van der Waals surface area contributed by atoms with Crippen LogP contribution < -0.4 is 15.4 Å². The Morgan fingerprint density at radius 3 is 2.36 bits per heavy atom. The summed E-state index contributed by atoms with van der Waals surface area (Å²) in [6.45, 7) is 3.48. The van der Waals surface area contributed by atoms with Gasteiger partial charge in [0.1, 0.15) is 6.04 Å². The highest BCUT2D eigenvalue weighted by Crippen LogP contribution is 2.30. The van der Waals surface area contributed by atoms with E-state index in [1.807, 2.05) is 6.92 Å². The summed E-state index contributed by atoms with van der Waals surface area (Å²) in [4.78, 5) is 36.8. The highest BCUT2D eigenvalue weighted by molar-refractivity contribution is 6.06. The Kier molecular flexibility index (Phi) is 9.23. The summed E-state index contributed by atoms with van der Waals surface area (Å²) in [5.74, 6) is -1.81. The third-order valence-corrected chi connectivity index (χ3v) is 5.23. The molecule has 2 aromatic rings. The number of nitrogens with one attached hydrogen (secondary N) is 2. The molecule has 0 heterocycles. The molecule has 0 saturated carbocycles. The fourth-order valence-electron chi connectivity index (χ4n) is 3.50. The summed E-state index contributed by atoms with van der Waals surface area (Å²) < 4.78 is 9.79. The van der Waals surface area contributed by atoms with E-state index < -0.39 is 42.3 Å². The second-order valence-corrected chi connectivity index (χ2v) is 7.51. The maximum absolute atomic E-state index is 13.4. The molecule has 2 aromatic carbocycles. The van der Waals surface area contributed by atoms with Crippen LogP contribution in [-0.2, 0) is 14.3 Å². The van der Waals surface area contributed by atoms with Crippen molar-refractivity contribution < 1.29 is 34.1 Å². The normalized spacial score (nSPS) is 13.5. The molecule has 9 heteroatoms. The predicted molar refractivity (Wildman–Crippen MR) is 123 cm³/mol. The molecule has 0 saturated heterocycles. The van der Waals surface area contributed by atoms with Crippen molar-refractivity contribution in [1.82, 2.24) is 5.32 Å². The lowest BCUT2D eigenvalue weighted by atomic mass is 9.96. The van der Waals surface area contributed by atoms with Crippen molar-refractivity contribution in [2.75, 3.05) is 19.5 Å². The van der Waals surface area contributed by atoms with Gasteiger partial charge in [0.25, 0.3) is 0 Å². The summed E-state index contributed by atoms with van der Waals surface area (Å²) in [5.41, 5.74) is 1.33. The number of carbonyl (C=O) groups excluding carboxylic acids is 2. The maximum Gasteiger partial charge on any atom is 0.327 e. The van der Waals surface area contributed by atoms with E-state index in [4.69, 9.17) is 9.47 Å². The molecule has 0 bridgehead atoms. The number of aromatic hydroxyl groups is 1. The Labute approximate surface area is 192 Å². The van der Waals surface area contributed by atoms with Crippen LogP contribution in [0.25, 0.3) is 0 Å². The summed E-state index contributed by atoms with van der Waals surface area (Å²) in [6, 6.07) is 9.31. The molecule has 0 aliphatic carbocycles. The first-order valence-corrected chi connectivity index (χ1v) is 10.5. The zero-order valence-electron chi connectivity index (χ0n) is 19.1. The van der Waals surface area contributed by atoms with Gasteiger partial charge in [-0.25, -0.2) is 4.79 Å². The van der Waals surface area contributed by atoms with Crippen LogP contribution in [0.2, 0.25) is 0 Å². The minimum absolute atomic E-state index is 0.0531. The van der Waals surface area contributed by atoms with Crippen LogP contribution in [0, 0.1) is 0 Å². The molecule has 4 N–H and O–H groups in total. The quantitative estimate of drug-likeness (QED) is 0.279. The van der Waals surface area contributed by atoms with Gasteiger partial charge in [0.05, 0.1) is 26.7 Å². The number of phenolic OH excluding ortho intramolecular Hbond substituents is 1. The monoisotopic (exact) mass is 458 g/mol. The lowest BCUT2D eigenvalue weighted by Crippen LogP contribution is -2.41. The number of ketones is 1. The first-order valence-electron chi connectivity index (χ1n) is 10.5. The average molecular weight is 459 g/mol. The van der Waals surface area contributed by atoms with E-state index in [0.717, 1.165) is 0 Å². The zero-order chi connectivity index (χ0) is 24.5. The lowest BCUT2D eigenvalue weighted by molar-refractivity contribution is -0.141. The number of Topliss-reactive ketones (excluding diaryl/α,β-unsaturated/α-hetero) is 1. The molecule has 3 atom stereocenters. The largest absolute Gasteiger partial charge is 0.504 e. The van der Waals surface area contributed by atoms with Gasteiger partial charge in [0.2, 0.25) is 0 Å². The van der Waals surface area contributed by atoms with Crippen molar-refractivity contribution in [2.24, 2.45) is 0 Å². The van der Waals surface area contributed by atoms with Crippen LogP contribution >= 0.6 is 0 Å². The number of rotatable bonds is 12. The number of ether oxygens (including phenoxy) is 2. The molecule has 0 aliphatic rings. The smallest absolute Gasteiger partial charge is 0.327 e. The summed E-state index contributed by atoms with van der Waals surface area (Å²) >= 11 is 0. The molecule has 0 aliphatic heterocycles. The number of esters is 1. The number of carbonyl (C=O) groups is 3. The number of methoxy groups -OCH3 is 2. The Morgan fingerprint density at radius 1 is 1.09 bits per heavy atom. The zero-order valence-corrected chi connectivity index (χ0v) is 19.1. The molecule has 178 valence electrons. The molecule has 0 aromatic heterocycles. The van der Waals surface area contributed by atoms with Gasteiger partial charge in [-0.3, -0.25) is 14.9 Å². The van der Waals surface area contributed by atoms with E-state index in [0.29, 0.717) is 23.4 Å². The van der Waals surface area contributed by atoms with Gasteiger partial charge in [-0.15, -0.1) is 0 Å². The van der Waals surface area contributed by atoms with Crippen molar-refractivity contribution in [3.05, 3.63) is 53.6 Å². The van der Waals surface area contributed by atoms with Crippen LogP contribution in [0.1, 0.15) is 48.7 Å². The SMILES string of the molecule is CCC(NC(CC(=O)O)C(=O)c1ccccc1NC(C)C(=O)OC)c1ccc(OC)c(O)c1. The number of anilines is 1. The van der Waals surface area contributed by atoms with Gasteiger partial charge in [-0.2, -0.15) is 0 Å². The van der Waals surface area contributed by atoms with E-state index in [2.05, 4.69) is 10.6 Å².